The number of ether oxygens (including phenoxy) is 6. The van der Waals surface area contributed by atoms with E-state index < -0.39 is 85.3 Å². The van der Waals surface area contributed by atoms with Gasteiger partial charge >= 0.3 is 0 Å². The highest BCUT2D eigenvalue weighted by Crippen LogP contribution is 2.43. The minimum atomic E-state index is -1.82. The van der Waals surface area contributed by atoms with Crippen LogP contribution in [-0.2, 0) is 14.2 Å². The maximum atomic E-state index is 13.6. The molecule has 0 radical (unpaired) electrons. The molecule has 10 atom stereocenters. The van der Waals surface area contributed by atoms with Crippen molar-refractivity contribution in [2.45, 2.75) is 75.3 Å². The number of ketones is 2. The summed E-state index contributed by atoms with van der Waals surface area (Å²) in [5, 5.41) is 72.9. The standard InChI is InChI=1S/C29H34O15/c1-9-14(7-13-18(19(9)30)23(34)17-12(21(13)32)5-11(39-3)6-15(17)40-4)43-29-27(38)25(36)22(33)16(44-29)8-41-28-26(37)24(35)20(31)10(2)42-28/h5-7,10,16,20,22,24-31,33,35-38H,8H2,1-4H3/t10-,16-,20-,22-,24-,25-,26+,27-,28+,29-/m0/s1. The zero-order valence-corrected chi connectivity index (χ0v) is 24.1. The van der Waals surface area contributed by atoms with E-state index in [0.29, 0.717) is 0 Å². The Morgan fingerprint density at radius 3 is 2.02 bits per heavy atom. The number of phenols is 1. The molecule has 15 nitrogen and oxygen atoms in total. The van der Waals surface area contributed by atoms with E-state index in [4.69, 9.17) is 28.4 Å². The number of aromatic hydroxyl groups is 1. The van der Waals surface area contributed by atoms with Gasteiger partial charge in [-0.15, -0.1) is 0 Å². The number of carbonyl (C=O) groups excluding carboxylic acids is 2. The highest BCUT2D eigenvalue weighted by atomic mass is 16.7. The fourth-order valence-electron chi connectivity index (χ4n) is 5.44. The first-order valence-electron chi connectivity index (χ1n) is 13.7. The maximum absolute atomic E-state index is 13.6. The normalized spacial score (nSPS) is 33.4. The van der Waals surface area contributed by atoms with Gasteiger partial charge < -0.3 is 64.2 Å². The lowest BCUT2D eigenvalue weighted by Gasteiger charge is -2.42. The van der Waals surface area contributed by atoms with Gasteiger partial charge in [0.1, 0.15) is 65.7 Å². The molecular formula is C29H34O15. The Hall–Kier alpha value is -3.38. The molecule has 7 N–H and O–H groups in total. The molecule has 2 aliphatic heterocycles. The van der Waals surface area contributed by atoms with Crippen LogP contribution in [0.15, 0.2) is 18.2 Å². The maximum Gasteiger partial charge on any atom is 0.229 e. The third-order valence-electron chi connectivity index (χ3n) is 8.13. The molecule has 2 saturated heterocycles. The largest absolute Gasteiger partial charge is 0.507 e. The second-order valence-corrected chi connectivity index (χ2v) is 10.8. The second kappa shape index (κ2) is 12.2. The van der Waals surface area contributed by atoms with Crippen LogP contribution in [0.1, 0.15) is 44.3 Å². The predicted molar refractivity (Wildman–Crippen MR) is 145 cm³/mol. The van der Waals surface area contributed by atoms with Gasteiger partial charge in [0.15, 0.2) is 12.1 Å². The highest BCUT2D eigenvalue weighted by molar-refractivity contribution is 6.30. The van der Waals surface area contributed by atoms with Gasteiger partial charge in [-0.05, 0) is 26.0 Å². The molecule has 0 spiro atoms. The first kappa shape index (κ1) is 32.0. The molecule has 0 saturated carbocycles. The molecule has 2 aromatic carbocycles. The van der Waals surface area contributed by atoms with Crippen LogP contribution in [0.2, 0.25) is 0 Å². The molecule has 44 heavy (non-hydrogen) atoms. The van der Waals surface area contributed by atoms with Crippen molar-refractivity contribution in [3.8, 4) is 23.0 Å². The molecule has 15 heteroatoms. The van der Waals surface area contributed by atoms with Crippen LogP contribution >= 0.6 is 0 Å². The Balaban J connectivity index is 1.40. The van der Waals surface area contributed by atoms with Gasteiger partial charge in [-0.2, -0.15) is 0 Å². The molecule has 2 aromatic rings. The zero-order valence-electron chi connectivity index (χ0n) is 24.1. The summed E-state index contributed by atoms with van der Waals surface area (Å²) in [5.74, 6) is -1.74. The molecule has 0 amide bonds. The van der Waals surface area contributed by atoms with Crippen LogP contribution < -0.4 is 14.2 Å². The molecule has 240 valence electrons. The van der Waals surface area contributed by atoms with Crippen molar-refractivity contribution in [1.82, 2.24) is 0 Å². The first-order chi connectivity index (χ1) is 20.8. The smallest absolute Gasteiger partial charge is 0.229 e. The molecule has 1 aliphatic carbocycles. The number of rotatable bonds is 7. The van der Waals surface area contributed by atoms with Crippen LogP contribution in [0.5, 0.6) is 23.0 Å². The third-order valence-corrected chi connectivity index (χ3v) is 8.13. The number of phenolic OH excluding ortho intramolecular Hbond substituents is 1. The van der Waals surface area contributed by atoms with Crippen molar-refractivity contribution in [2.24, 2.45) is 0 Å². The molecule has 2 fully saturated rings. The third kappa shape index (κ3) is 5.29. The average Bonchev–Trinajstić information content (AvgIpc) is 3.01. The van der Waals surface area contributed by atoms with Gasteiger partial charge in [0.2, 0.25) is 12.1 Å². The summed E-state index contributed by atoms with van der Waals surface area (Å²) in [6, 6.07) is 3.99. The number of hydrogen-bond donors (Lipinski definition) is 7. The average molecular weight is 623 g/mol. The van der Waals surface area contributed by atoms with Gasteiger partial charge in [0.25, 0.3) is 0 Å². The van der Waals surface area contributed by atoms with Crippen molar-refractivity contribution in [3.63, 3.8) is 0 Å². The summed E-state index contributed by atoms with van der Waals surface area (Å²) in [4.78, 5) is 27.1. The quantitative estimate of drug-likeness (QED) is 0.159. The molecular weight excluding hydrogens is 588 g/mol. The highest BCUT2D eigenvalue weighted by Gasteiger charge is 2.48. The number of aliphatic hydroxyl groups excluding tert-OH is 6. The van der Waals surface area contributed by atoms with E-state index in [1.807, 2.05) is 0 Å². The number of hydrogen-bond acceptors (Lipinski definition) is 15. The lowest BCUT2D eigenvalue weighted by Crippen LogP contribution is -2.61. The number of benzene rings is 2. The summed E-state index contributed by atoms with van der Waals surface area (Å²) >= 11 is 0. The number of methoxy groups -OCH3 is 2. The SMILES string of the molecule is COc1cc(OC)c2c(c1)C(=O)c1cc(O[C@H]3O[C@@H](CO[C@@H]4O[C@@H](C)[C@H](O)[C@H](O)[C@H]4O)[C@H](O)[C@H](O)[C@@H]3O)c(C)c(O)c1C2=O. The minimum absolute atomic E-state index is 0.00491. The molecule has 3 aliphatic rings. The van der Waals surface area contributed by atoms with Crippen molar-refractivity contribution >= 4 is 11.6 Å². The number of carbonyl (C=O) groups is 2. The van der Waals surface area contributed by atoms with Crippen molar-refractivity contribution < 1.29 is 73.8 Å². The summed E-state index contributed by atoms with van der Waals surface area (Å²) in [7, 11) is 2.70. The Morgan fingerprint density at radius 1 is 0.727 bits per heavy atom. The zero-order chi connectivity index (χ0) is 32.2. The summed E-state index contributed by atoms with van der Waals surface area (Å²) in [6.07, 6.45) is -15.3. The molecule has 0 bridgehead atoms. The van der Waals surface area contributed by atoms with Gasteiger partial charge in [-0.3, -0.25) is 9.59 Å². The Kier molecular flexibility index (Phi) is 8.87. The molecule has 0 unspecified atom stereocenters. The van der Waals surface area contributed by atoms with Gasteiger partial charge in [-0.25, -0.2) is 0 Å². The molecule has 0 aromatic heterocycles. The Labute approximate surface area is 250 Å². The first-order valence-corrected chi connectivity index (χ1v) is 13.7. The minimum Gasteiger partial charge on any atom is -0.507 e. The monoisotopic (exact) mass is 622 g/mol. The summed E-state index contributed by atoms with van der Waals surface area (Å²) in [6.45, 7) is 2.32. The van der Waals surface area contributed by atoms with Crippen LogP contribution in [0.4, 0.5) is 0 Å². The van der Waals surface area contributed by atoms with Gasteiger partial charge in [0.05, 0.1) is 38.1 Å². The van der Waals surface area contributed by atoms with E-state index in [-0.39, 0.29) is 45.1 Å². The van der Waals surface area contributed by atoms with E-state index >= 15 is 0 Å². The van der Waals surface area contributed by atoms with Crippen LogP contribution in [0.25, 0.3) is 0 Å². The van der Waals surface area contributed by atoms with Crippen molar-refractivity contribution in [2.75, 3.05) is 20.8 Å². The van der Waals surface area contributed by atoms with Crippen molar-refractivity contribution in [1.29, 1.82) is 0 Å². The topological polar surface area (TPSA) is 231 Å². The van der Waals surface area contributed by atoms with Crippen LogP contribution in [-0.4, -0.2) is 130 Å². The number of aliphatic hydroxyl groups is 6. The van der Waals surface area contributed by atoms with Gasteiger partial charge in [0, 0.05) is 22.8 Å². The Bertz CT molecular complexity index is 1440. The van der Waals surface area contributed by atoms with E-state index in [2.05, 4.69) is 0 Å². The van der Waals surface area contributed by atoms with E-state index in [9.17, 15) is 45.3 Å². The van der Waals surface area contributed by atoms with E-state index in [0.717, 1.165) is 0 Å². The predicted octanol–water partition coefficient (Wildman–Crippen LogP) is -1.48. The van der Waals surface area contributed by atoms with E-state index in [1.165, 1.54) is 46.3 Å². The van der Waals surface area contributed by atoms with Crippen LogP contribution in [0, 0.1) is 6.92 Å². The fourth-order valence-corrected chi connectivity index (χ4v) is 5.44. The summed E-state index contributed by atoms with van der Waals surface area (Å²) in [5.41, 5.74) is -0.569. The van der Waals surface area contributed by atoms with E-state index in [1.54, 1.807) is 0 Å². The second-order valence-electron chi connectivity index (χ2n) is 10.8. The lowest BCUT2D eigenvalue weighted by atomic mass is 9.82. The van der Waals surface area contributed by atoms with Gasteiger partial charge in [-0.1, -0.05) is 0 Å². The summed E-state index contributed by atoms with van der Waals surface area (Å²) < 4.78 is 32.8. The molecule has 2 heterocycles. The molecule has 5 rings (SSSR count). The fraction of sp³-hybridized carbons (Fsp3) is 0.517. The van der Waals surface area contributed by atoms with Crippen LogP contribution in [0.3, 0.4) is 0 Å². The lowest BCUT2D eigenvalue weighted by molar-refractivity contribution is -0.318. The Morgan fingerprint density at radius 2 is 1.36 bits per heavy atom. The number of fused-ring (bicyclic) bond motifs is 2. The van der Waals surface area contributed by atoms with Crippen molar-refractivity contribution in [3.05, 3.63) is 46.0 Å².